The summed E-state index contributed by atoms with van der Waals surface area (Å²) in [7, 11) is 1.90. The lowest BCUT2D eigenvalue weighted by atomic mass is 10.0. The van der Waals surface area contributed by atoms with Gasteiger partial charge in [0.25, 0.3) is 0 Å². The molecule has 0 bridgehead atoms. The largest absolute Gasteiger partial charge is 0.342 e. The van der Waals surface area contributed by atoms with Crippen LogP contribution in [0.1, 0.15) is 30.4 Å². The minimum atomic E-state index is -0.243. The molecular formula is C24H27N3O2. The molecule has 2 saturated heterocycles. The first-order chi connectivity index (χ1) is 14.1. The summed E-state index contributed by atoms with van der Waals surface area (Å²) in [6, 6.07) is 15.0. The number of hydrogen-bond donors (Lipinski definition) is 1. The van der Waals surface area contributed by atoms with Crippen molar-refractivity contribution >= 4 is 17.5 Å². The standard InChI is InChI=1S/C24H27N3O2/c1-26(19-8-10-25-11-9-19)24(29)18-14-23(28)27(15-18)20-6-7-22-17(13-20)12-16-4-2-3-5-21(16)22/h2-7,13,18-19,25H,8-12,14-15H2,1H3. The fraction of sp³-hybridized carbons (Fsp3) is 0.417. The van der Waals surface area contributed by atoms with E-state index in [-0.39, 0.29) is 23.8 Å². The quantitative estimate of drug-likeness (QED) is 0.750. The average molecular weight is 389 g/mol. The van der Waals surface area contributed by atoms with Crippen LogP contribution in [0.4, 0.5) is 5.69 Å². The van der Waals surface area contributed by atoms with Gasteiger partial charge in [-0.3, -0.25) is 9.59 Å². The van der Waals surface area contributed by atoms with Crippen molar-refractivity contribution in [3.05, 3.63) is 53.6 Å². The van der Waals surface area contributed by atoms with E-state index < -0.39 is 0 Å². The molecule has 2 heterocycles. The molecule has 5 nitrogen and oxygen atoms in total. The number of nitrogens with one attached hydrogen (secondary N) is 1. The predicted molar refractivity (Wildman–Crippen MR) is 114 cm³/mol. The average Bonchev–Trinajstić information content (AvgIpc) is 3.33. The summed E-state index contributed by atoms with van der Waals surface area (Å²) >= 11 is 0. The van der Waals surface area contributed by atoms with Crippen molar-refractivity contribution in [1.29, 1.82) is 0 Å². The molecule has 0 saturated carbocycles. The first-order valence-corrected chi connectivity index (χ1v) is 10.6. The number of carbonyl (C=O) groups is 2. The van der Waals surface area contributed by atoms with Crippen molar-refractivity contribution in [2.24, 2.45) is 5.92 Å². The van der Waals surface area contributed by atoms with Crippen molar-refractivity contribution in [3.63, 3.8) is 0 Å². The molecule has 2 aliphatic heterocycles. The summed E-state index contributed by atoms with van der Waals surface area (Å²) in [6.07, 6.45) is 3.18. The number of anilines is 1. The van der Waals surface area contributed by atoms with Crippen LogP contribution >= 0.6 is 0 Å². The lowest BCUT2D eigenvalue weighted by Gasteiger charge is -2.33. The zero-order valence-corrected chi connectivity index (χ0v) is 16.9. The van der Waals surface area contributed by atoms with Gasteiger partial charge in [0.15, 0.2) is 0 Å². The molecule has 1 unspecified atom stereocenters. The van der Waals surface area contributed by atoms with Crippen LogP contribution in [0.2, 0.25) is 0 Å². The van der Waals surface area contributed by atoms with Crippen LogP contribution in [-0.2, 0) is 16.0 Å². The normalized spacial score (nSPS) is 21.2. The summed E-state index contributed by atoms with van der Waals surface area (Å²) in [4.78, 5) is 29.5. The van der Waals surface area contributed by atoms with E-state index in [9.17, 15) is 9.59 Å². The van der Waals surface area contributed by atoms with Crippen molar-refractivity contribution in [2.45, 2.75) is 31.7 Å². The smallest absolute Gasteiger partial charge is 0.228 e. The molecule has 5 rings (SSSR count). The van der Waals surface area contributed by atoms with E-state index in [1.54, 1.807) is 0 Å². The van der Waals surface area contributed by atoms with E-state index in [4.69, 9.17) is 0 Å². The second-order valence-electron chi connectivity index (χ2n) is 8.51. The zero-order valence-electron chi connectivity index (χ0n) is 16.9. The molecule has 29 heavy (non-hydrogen) atoms. The first-order valence-electron chi connectivity index (χ1n) is 10.6. The highest BCUT2D eigenvalue weighted by molar-refractivity contribution is 6.00. The first kappa shape index (κ1) is 18.4. The van der Waals surface area contributed by atoms with E-state index in [0.717, 1.165) is 38.0 Å². The van der Waals surface area contributed by atoms with Gasteiger partial charge >= 0.3 is 0 Å². The second-order valence-corrected chi connectivity index (χ2v) is 8.51. The molecule has 2 amide bonds. The third kappa shape index (κ3) is 3.23. The third-order valence-corrected chi connectivity index (χ3v) is 6.77. The summed E-state index contributed by atoms with van der Waals surface area (Å²) in [5.74, 6) is -0.0772. The van der Waals surface area contributed by atoms with Gasteiger partial charge in [-0.15, -0.1) is 0 Å². The Morgan fingerprint density at radius 2 is 1.83 bits per heavy atom. The number of nitrogens with zero attached hydrogens (tertiary/aromatic N) is 2. The summed E-state index contributed by atoms with van der Waals surface area (Å²) in [6.45, 7) is 2.39. The number of benzene rings is 2. The molecular weight excluding hydrogens is 362 g/mol. The van der Waals surface area contributed by atoms with Gasteiger partial charge in [0.1, 0.15) is 0 Å². The fourth-order valence-corrected chi connectivity index (χ4v) is 5.08. The molecule has 0 aromatic heterocycles. The van der Waals surface area contributed by atoms with Gasteiger partial charge in [0.05, 0.1) is 5.92 Å². The monoisotopic (exact) mass is 389 g/mol. The molecule has 2 aromatic rings. The fourth-order valence-electron chi connectivity index (χ4n) is 5.08. The minimum Gasteiger partial charge on any atom is -0.342 e. The molecule has 2 fully saturated rings. The van der Waals surface area contributed by atoms with Crippen LogP contribution in [0.25, 0.3) is 11.1 Å². The van der Waals surface area contributed by atoms with E-state index in [1.165, 1.54) is 22.3 Å². The highest BCUT2D eigenvalue weighted by Gasteiger charge is 2.38. The van der Waals surface area contributed by atoms with E-state index in [0.29, 0.717) is 13.0 Å². The van der Waals surface area contributed by atoms with Crippen molar-refractivity contribution in [2.75, 3.05) is 31.6 Å². The summed E-state index contributed by atoms with van der Waals surface area (Å²) < 4.78 is 0. The topological polar surface area (TPSA) is 52.7 Å². The minimum absolute atomic E-state index is 0.0533. The van der Waals surface area contributed by atoms with Crippen LogP contribution < -0.4 is 10.2 Å². The van der Waals surface area contributed by atoms with E-state index >= 15 is 0 Å². The van der Waals surface area contributed by atoms with Crippen molar-refractivity contribution < 1.29 is 9.59 Å². The molecule has 2 aromatic carbocycles. The van der Waals surface area contributed by atoms with Crippen molar-refractivity contribution in [1.82, 2.24) is 10.2 Å². The van der Waals surface area contributed by atoms with Crippen molar-refractivity contribution in [3.8, 4) is 11.1 Å². The van der Waals surface area contributed by atoms with Crippen LogP contribution in [0.3, 0.4) is 0 Å². The maximum atomic E-state index is 13.0. The van der Waals surface area contributed by atoms with Gasteiger partial charge in [-0.05, 0) is 66.7 Å². The molecule has 1 N–H and O–H groups in total. The summed E-state index contributed by atoms with van der Waals surface area (Å²) in [5, 5.41) is 3.34. The van der Waals surface area contributed by atoms with Crippen LogP contribution in [0.15, 0.2) is 42.5 Å². The van der Waals surface area contributed by atoms with Gasteiger partial charge in [-0.1, -0.05) is 30.3 Å². The number of rotatable bonds is 3. The van der Waals surface area contributed by atoms with Gasteiger partial charge in [-0.25, -0.2) is 0 Å². The third-order valence-electron chi connectivity index (χ3n) is 6.77. The van der Waals surface area contributed by atoms with E-state index in [1.807, 2.05) is 22.9 Å². The number of amides is 2. The van der Waals surface area contributed by atoms with E-state index in [2.05, 4.69) is 41.7 Å². The lowest BCUT2D eigenvalue weighted by Crippen LogP contribution is -2.46. The van der Waals surface area contributed by atoms with Crippen LogP contribution in [-0.4, -0.2) is 49.4 Å². The molecule has 1 atom stereocenters. The SMILES string of the molecule is CN(C(=O)C1CC(=O)N(c2ccc3c(c2)Cc2ccccc2-3)C1)C1CCNCC1. The Kier molecular flexibility index (Phi) is 4.63. The Bertz CT molecular complexity index is 964. The number of piperidine rings is 1. The Morgan fingerprint density at radius 3 is 2.66 bits per heavy atom. The number of fused-ring (bicyclic) bond motifs is 3. The zero-order chi connectivity index (χ0) is 20.0. The molecule has 3 aliphatic rings. The molecule has 1 aliphatic carbocycles. The number of hydrogen-bond acceptors (Lipinski definition) is 3. The molecule has 0 spiro atoms. The Balaban J connectivity index is 1.32. The van der Waals surface area contributed by atoms with Crippen LogP contribution in [0, 0.1) is 5.92 Å². The molecule has 5 heteroatoms. The molecule has 150 valence electrons. The Hall–Kier alpha value is -2.66. The second kappa shape index (κ2) is 7.30. The van der Waals surface area contributed by atoms with Gasteiger partial charge < -0.3 is 15.1 Å². The predicted octanol–water partition coefficient (Wildman–Crippen LogP) is 2.82. The van der Waals surface area contributed by atoms with Crippen LogP contribution in [0.5, 0.6) is 0 Å². The highest BCUT2D eigenvalue weighted by atomic mass is 16.2. The lowest BCUT2D eigenvalue weighted by molar-refractivity contribution is -0.137. The summed E-state index contributed by atoms with van der Waals surface area (Å²) in [5.41, 5.74) is 6.07. The van der Waals surface area contributed by atoms with Gasteiger partial charge in [0.2, 0.25) is 11.8 Å². The Morgan fingerprint density at radius 1 is 1.07 bits per heavy atom. The maximum absolute atomic E-state index is 13.0. The highest BCUT2D eigenvalue weighted by Crippen LogP contribution is 2.39. The van der Waals surface area contributed by atoms with Gasteiger partial charge in [-0.2, -0.15) is 0 Å². The Labute approximate surface area is 171 Å². The number of carbonyl (C=O) groups excluding carboxylic acids is 2. The molecule has 0 radical (unpaired) electrons. The maximum Gasteiger partial charge on any atom is 0.228 e. The van der Waals surface area contributed by atoms with Gasteiger partial charge in [0, 0.05) is 31.7 Å².